The Kier molecular flexibility index (Phi) is 10.7. The van der Waals surface area contributed by atoms with E-state index in [1.807, 2.05) is 13.8 Å². The fraction of sp³-hybridized carbons (Fsp3) is 0.407. The number of benzene rings is 2. The van der Waals surface area contributed by atoms with Gasteiger partial charge in [-0.05, 0) is 62.1 Å². The Morgan fingerprint density at radius 1 is 1.05 bits per heavy atom. The first kappa shape index (κ1) is 29.8. The summed E-state index contributed by atoms with van der Waals surface area (Å²) in [5.41, 5.74) is 2.60. The van der Waals surface area contributed by atoms with Crippen LogP contribution < -0.4 is 14.8 Å². The number of hydrogen-bond acceptors (Lipinski definition) is 6. The van der Waals surface area contributed by atoms with Gasteiger partial charge in [0.25, 0.3) is 5.91 Å². The number of nitrogens with one attached hydrogen (secondary N) is 2. The summed E-state index contributed by atoms with van der Waals surface area (Å²) >= 11 is 0. The number of amides is 1. The maximum Gasteiger partial charge on any atom is 0.339 e. The van der Waals surface area contributed by atoms with Crippen molar-refractivity contribution in [1.82, 2.24) is 10.2 Å². The minimum atomic E-state index is -1.16. The largest absolute Gasteiger partial charge is 0.493 e. The van der Waals surface area contributed by atoms with Crippen molar-refractivity contribution in [3.05, 3.63) is 57.6 Å². The van der Waals surface area contributed by atoms with E-state index in [-0.39, 0.29) is 52.2 Å². The molecule has 0 radical (unpaired) electrons. The molecule has 9 nitrogen and oxygen atoms in total. The van der Waals surface area contributed by atoms with Crippen LogP contribution in [0, 0.1) is 5.41 Å². The number of aromatic carboxylic acids is 1. The molecule has 37 heavy (non-hydrogen) atoms. The van der Waals surface area contributed by atoms with E-state index in [9.17, 15) is 19.5 Å². The Hall–Kier alpha value is -3.40. The fourth-order valence-corrected chi connectivity index (χ4v) is 4.29. The van der Waals surface area contributed by atoms with Gasteiger partial charge in [-0.2, -0.15) is 0 Å². The van der Waals surface area contributed by atoms with Crippen molar-refractivity contribution in [3.8, 4) is 11.5 Å². The first-order valence-corrected chi connectivity index (χ1v) is 12.2. The molecule has 0 bridgehead atoms. The van der Waals surface area contributed by atoms with Crippen LogP contribution in [0.25, 0.3) is 0 Å². The quantitative estimate of drug-likeness (QED) is 0.318. The van der Waals surface area contributed by atoms with Crippen LogP contribution in [0.3, 0.4) is 0 Å². The SMILES string of the molecule is Br.CCCCc1cc(C(=O)CN2Cc3cc(OCC)c(C(=O)NC)cc3C2=N)cc(C(=O)O)c1OCC. The standard InChI is InChI=1S/C27H33N3O6.BrH/c1-5-8-9-16-10-17(11-21(27(33)34)24(16)36-7-3)22(31)15-30-14-18-12-23(35-6-2)20(26(32)29-4)13-19(18)25(30)28;/h10-13,28H,5-9,14-15H2,1-4H3,(H,29,32)(H,33,34);1H. The minimum absolute atomic E-state index is 0. The van der Waals surface area contributed by atoms with Gasteiger partial charge in [-0.15, -0.1) is 17.0 Å². The molecule has 0 spiro atoms. The number of carboxylic acids is 1. The van der Waals surface area contributed by atoms with E-state index < -0.39 is 5.97 Å². The number of fused-ring (bicyclic) bond motifs is 1. The van der Waals surface area contributed by atoms with Crippen LogP contribution in [0.1, 0.15) is 81.4 Å². The van der Waals surface area contributed by atoms with E-state index in [0.29, 0.717) is 54.4 Å². The summed E-state index contributed by atoms with van der Waals surface area (Å²) in [4.78, 5) is 39.2. The molecule has 200 valence electrons. The molecule has 1 aliphatic rings. The van der Waals surface area contributed by atoms with Gasteiger partial charge in [0, 0.05) is 24.7 Å². The molecule has 0 atom stereocenters. The van der Waals surface area contributed by atoms with Crippen LogP contribution >= 0.6 is 17.0 Å². The van der Waals surface area contributed by atoms with Gasteiger partial charge in [-0.1, -0.05) is 13.3 Å². The van der Waals surface area contributed by atoms with Crippen molar-refractivity contribution >= 4 is 40.5 Å². The molecule has 1 amide bonds. The number of ether oxygens (including phenoxy) is 2. The predicted molar refractivity (Wildman–Crippen MR) is 146 cm³/mol. The van der Waals surface area contributed by atoms with E-state index in [2.05, 4.69) is 5.32 Å². The maximum atomic E-state index is 13.3. The van der Waals surface area contributed by atoms with E-state index in [0.717, 1.165) is 18.4 Å². The summed E-state index contributed by atoms with van der Waals surface area (Å²) < 4.78 is 11.3. The fourth-order valence-electron chi connectivity index (χ4n) is 4.29. The number of halogens is 1. The number of nitrogens with zero attached hydrogens (tertiary/aromatic N) is 1. The van der Waals surface area contributed by atoms with Crippen LogP contribution in [-0.2, 0) is 13.0 Å². The lowest BCUT2D eigenvalue weighted by Gasteiger charge is -2.19. The third-order valence-electron chi connectivity index (χ3n) is 6.05. The summed E-state index contributed by atoms with van der Waals surface area (Å²) in [6.07, 6.45) is 2.34. The molecule has 2 aromatic rings. The minimum Gasteiger partial charge on any atom is -0.493 e. The molecule has 0 aromatic heterocycles. The molecule has 0 saturated carbocycles. The highest BCUT2D eigenvalue weighted by Crippen LogP contribution is 2.32. The molecular formula is C27H34BrN3O6. The topological polar surface area (TPSA) is 129 Å². The Morgan fingerprint density at radius 3 is 2.35 bits per heavy atom. The zero-order valence-electron chi connectivity index (χ0n) is 21.6. The van der Waals surface area contributed by atoms with E-state index >= 15 is 0 Å². The Balaban J connectivity index is 0.00000481. The maximum absolute atomic E-state index is 13.3. The van der Waals surface area contributed by atoms with Gasteiger partial charge in [0.05, 0.1) is 25.3 Å². The summed E-state index contributed by atoms with van der Waals surface area (Å²) in [5.74, 6) is -0.915. The molecule has 3 N–H and O–H groups in total. The Bertz CT molecular complexity index is 1200. The first-order valence-electron chi connectivity index (χ1n) is 12.2. The van der Waals surface area contributed by atoms with Crippen LogP contribution in [0.5, 0.6) is 11.5 Å². The number of ketones is 1. The Morgan fingerprint density at radius 2 is 1.76 bits per heavy atom. The number of hydrogen-bond donors (Lipinski definition) is 3. The highest BCUT2D eigenvalue weighted by Gasteiger charge is 2.30. The summed E-state index contributed by atoms with van der Waals surface area (Å²) in [5, 5.41) is 21.0. The number of unbranched alkanes of at least 4 members (excludes halogenated alkanes) is 1. The lowest BCUT2D eigenvalue weighted by atomic mass is 9.97. The predicted octanol–water partition coefficient (Wildman–Crippen LogP) is 4.49. The van der Waals surface area contributed by atoms with Crippen molar-refractivity contribution in [2.24, 2.45) is 0 Å². The summed E-state index contributed by atoms with van der Waals surface area (Å²) in [6, 6.07) is 6.42. The van der Waals surface area contributed by atoms with Crippen LogP contribution in [0.2, 0.25) is 0 Å². The van der Waals surface area contributed by atoms with Crippen molar-refractivity contribution in [1.29, 1.82) is 5.41 Å². The monoisotopic (exact) mass is 575 g/mol. The third-order valence-corrected chi connectivity index (χ3v) is 6.05. The van der Waals surface area contributed by atoms with Crippen molar-refractivity contribution in [3.63, 3.8) is 0 Å². The van der Waals surface area contributed by atoms with E-state index in [4.69, 9.17) is 14.9 Å². The average molecular weight is 576 g/mol. The zero-order valence-corrected chi connectivity index (χ0v) is 23.3. The van der Waals surface area contributed by atoms with Crippen molar-refractivity contribution < 1.29 is 29.0 Å². The smallest absolute Gasteiger partial charge is 0.339 e. The number of carbonyl (C=O) groups is 3. The van der Waals surface area contributed by atoms with Gasteiger partial charge in [-0.25, -0.2) is 4.79 Å². The number of carboxylic acid groups (broad SMARTS) is 1. The lowest BCUT2D eigenvalue weighted by Crippen LogP contribution is -2.30. The molecule has 3 rings (SSSR count). The number of Topliss-reactive ketones (excluding diaryl/α,β-unsaturated/α-hetero) is 1. The molecule has 0 saturated heterocycles. The normalized spacial score (nSPS) is 12.0. The van der Waals surface area contributed by atoms with Crippen LogP contribution in [0.4, 0.5) is 0 Å². The summed E-state index contributed by atoms with van der Waals surface area (Å²) in [7, 11) is 1.53. The molecular weight excluding hydrogens is 542 g/mol. The van der Waals surface area contributed by atoms with Crippen molar-refractivity contribution in [2.75, 3.05) is 26.8 Å². The molecule has 0 fully saturated rings. The highest BCUT2D eigenvalue weighted by molar-refractivity contribution is 8.93. The lowest BCUT2D eigenvalue weighted by molar-refractivity contribution is 0.0692. The zero-order chi connectivity index (χ0) is 26.4. The second-order valence-electron chi connectivity index (χ2n) is 8.50. The number of rotatable bonds is 12. The Labute approximate surface area is 227 Å². The van der Waals surface area contributed by atoms with Crippen LogP contribution in [-0.4, -0.2) is 60.3 Å². The molecule has 2 aromatic carbocycles. The number of amidine groups is 1. The van der Waals surface area contributed by atoms with Gasteiger partial charge in [-0.3, -0.25) is 15.0 Å². The average Bonchev–Trinajstić information content (AvgIpc) is 3.16. The highest BCUT2D eigenvalue weighted by atomic mass is 79.9. The third kappa shape index (κ3) is 6.49. The van der Waals surface area contributed by atoms with E-state index in [1.54, 1.807) is 30.0 Å². The summed E-state index contributed by atoms with van der Waals surface area (Å²) in [6.45, 7) is 6.55. The van der Waals surface area contributed by atoms with Gasteiger partial charge in [0.15, 0.2) is 5.78 Å². The number of carbonyl (C=O) groups excluding carboxylic acids is 2. The number of aryl methyl sites for hydroxylation is 1. The molecule has 10 heteroatoms. The second kappa shape index (κ2) is 13.2. The van der Waals surface area contributed by atoms with Gasteiger partial charge in [0.1, 0.15) is 22.9 Å². The second-order valence-corrected chi connectivity index (χ2v) is 8.50. The van der Waals surface area contributed by atoms with Crippen LogP contribution in [0.15, 0.2) is 24.3 Å². The van der Waals surface area contributed by atoms with E-state index in [1.165, 1.54) is 13.1 Å². The molecule has 0 unspecified atom stereocenters. The van der Waals surface area contributed by atoms with Gasteiger partial charge >= 0.3 is 5.97 Å². The first-order chi connectivity index (χ1) is 17.2. The van der Waals surface area contributed by atoms with Crippen molar-refractivity contribution in [2.45, 2.75) is 46.6 Å². The molecule has 0 aliphatic carbocycles. The molecule has 1 heterocycles. The molecule has 1 aliphatic heterocycles. The van der Waals surface area contributed by atoms with Gasteiger partial charge in [0.2, 0.25) is 0 Å². The van der Waals surface area contributed by atoms with Gasteiger partial charge < -0.3 is 24.8 Å².